The van der Waals surface area contributed by atoms with E-state index in [1.54, 1.807) is 21.9 Å². The summed E-state index contributed by atoms with van der Waals surface area (Å²) in [6.45, 7) is 9.04. The molecule has 7 nitrogen and oxygen atoms in total. The Bertz CT molecular complexity index is 790. The Balaban J connectivity index is 1.44. The molecule has 2 saturated heterocycles. The number of pyridine rings is 1. The molecule has 0 atom stereocenters. The van der Waals surface area contributed by atoms with E-state index in [1.807, 2.05) is 12.1 Å². The van der Waals surface area contributed by atoms with Crippen LogP contribution >= 0.6 is 0 Å². The third-order valence-corrected chi connectivity index (χ3v) is 5.50. The van der Waals surface area contributed by atoms with E-state index in [2.05, 4.69) is 23.7 Å². The Kier molecular flexibility index (Phi) is 5.31. The molecule has 2 aromatic rings. The molecule has 146 valence electrons. The standard InChI is InChI=1S/C20H28N4O3/c1-15(2)22-6-4-17(5-7-22)27-18-13-16-3-8-24(19(16)21-14-18)20(25)23-9-11-26-12-10-23/h3,8,13-15,17H,4-7,9-12H2,1-2H3. The van der Waals surface area contributed by atoms with Crippen molar-refractivity contribution in [2.45, 2.75) is 38.8 Å². The van der Waals surface area contributed by atoms with Gasteiger partial charge in [0.1, 0.15) is 17.5 Å². The number of aromatic nitrogens is 2. The number of carbonyl (C=O) groups is 1. The summed E-state index contributed by atoms with van der Waals surface area (Å²) in [6, 6.07) is 4.46. The molecule has 0 aliphatic carbocycles. The first-order valence-corrected chi connectivity index (χ1v) is 9.86. The van der Waals surface area contributed by atoms with Gasteiger partial charge in [0, 0.05) is 43.8 Å². The van der Waals surface area contributed by atoms with Crippen LogP contribution in [-0.2, 0) is 4.74 Å². The highest BCUT2D eigenvalue weighted by atomic mass is 16.5. The first-order valence-electron chi connectivity index (χ1n) is 9.86. The van der Waals surface area contributed by atoms with Crippen molar-refractivity contribution in [3.8, 4) is 5.75 Å². The van der Waals surface area contributed by atoms with Gasteiger partial charge in [-0.3, -0.25) is 4.57 Å². The maximum Gasteiger partial charge on any atom is 0.329 e. The van der Waals surface area contributed by atoms with Crippen LogP contribution in [0.2, 0.25) is 0 Å². The van der Waals surface area contributed by atoms with Crippen LogP contribution in [0.5, 0.6) is 5.75 Å². The zero-order chi connectivity index (χ0) is 18.8. The lowest BCUT2D eigenvalue weighted by Crippen LogP contribution is -2.42. The van der Waals surface area contributed by atoms with Crippen LogP contribution < -0.4 is 4.74 Å². The van der Waals surface area contributed by atoms with Gasteiger partial charge in [0.2, 0.25) is 0 Å². The largest absolute Gasteiger partial charge is 0.489 e. The molecule has 2 aliphatic heterocycles. The number of morpholine rings is 1. The van der Waals surface area contributed by atoms with Gasteiger partial charge in [-0.15, -0.1) is 0 Å². The number of rotatable bonds is 3. The van der Waals surface area contributed by atoms with E-state index < -0.39 is 0 Å². The first-order chi connectivity index (χ1) is 13.1. The first kappa shape index (κ1) is 18.3. The Hall–Kier alpha value is -2.12. The molecular formula is C20H28N4O3. The molecule has 4 rings (SSSR count). The molecule has 2 aromatic heterocycles. The van der Waals surface area contributed by atoms with Gasteiger partial charge in [-0.05, 0) is 38.8 Å². The van der Waals surface area contributed by atoms with Gasteiger partial charge < -0.3 is 19.3 Å². The van der Waals surface area contributed by atoms with Crippen LogP contribution in [0.15, 0.2) is 24.5 Å². The van der Waals surface area contributed by atoms with Crippen LogP contribution in [0.3, 0.4) is 0 Å². The highest BCUT2D eigenvalue weighted by molar-refractivity contribution is 5.89. The Morgan fingerprint density at radius 2 is 1.96 bits per heavy atom. The topological polar surface area (TPSA) is 59.8 Å². The van der Waals surface area contributed by atoms with E-state index in [0.717, 1.165) is 37.1 Å². The van der Waals surface area contributed by atoms with E-state index in [0.29, 0.717) is 38.0 Å². The monoisotopic (exact) mass is 372 g/mol. The van der Waals surface area contributed by atoms with Gasteiger partial charge in [0.05, 0.1) is 19.4 Å². The maximum absolute atomic E-state index is 12.7. The minimum Gasteiger partial charge on any atom is -0.489 e. The number of piperidine rings is 1. The lowest BCUT2D eigenvalue weighted by molar-refractivity contribution is 0.0537. The van der Waals surface area contributed by atoms with Crippen molar-refractivity contribution in [3.05, 3.63) is 24.5 Å². The summed E-state index contributed by atoms with van der Waals surface area (Å²) in [5.41, 5.74) is 0.675. The van der Waals surface area contributed by atoms with Gasteiger partial charge in [0.25, 0.3) is 0 Å². The van der Waals surface area contributed by atoms with E-state index >= 15 is 0 Å². The summed E-state index contributed by atoms with van der Waals surface area (Å²) in [6.07, 6.45) is 5.83. The maximum atomic E-state index is 12.7. The molecule has 0 saturated carbocycles. The van der Waals surface area contributed by atoms with Crippen molar-refractivity contribution >= 4 is 17.1 Å². The van der Waals surface area contributed by atoms with Gasteiger partial charge >= 0.3 is 6.03 Å². The molecule has 4 heterocycles. The second kappa shape index (κ2) is 7.86. The van der Waals surface area contributed by atoms with Crippen LogP contribution in [0.4, 0.5) is 4.79 Å². The number of amides is 1. The van der Waals surface area contributed by atoms with E-state index in [9.17, 15) is 4.79 Å². The number of likely N-dealkylation sites (tertiary alicyclic amines) is 1. The van der Waals surface area contributed by atoms with Gasteiger partial charge in [-0.1, -0.05) is 0 Å². The second-order valence-electron chi connectivity index (χ2n) is 7.60. The molecule has 27 heavy (non-hydrogen) atoms. The predicted octanol–water partition coefficient (Wildman–Crippen LogP) is 2.59. The van der Waals surface area contributed by atoms with Crippen molar-refractivity contribution in [3.63, 3.8) is 0 Å². The average Bonchev–Trinajstić information content (AvgIpc) is 3.11. The summed E-state index contributed by atoms with van der Waals surface area (Å²) in [5.74, 6) is 0.780. The molecule has 7 heteroatoms. The van der Waals surface area contributed by atoms with Crippen molar-refractivity contribution in [2.24, 2.45) is 0 Å². The summed E-state index contributed by atoms with van der Waals surface area (Å²) in [7, 11) is 0. The quantitative estimate of drug-likeness (QED) is 0.829. The normalized spacial score (nSPS) is 19.7. The minimum atomic E-state index is -0.0458. The SMILES string of the molecule is CC(C)N1CCC(Oc2cnc3c(ccn3C(=O)N3CCOCC3)c2)CC1. The van der Waals surface area contributed by atoms with Crippen LogP contribution in [-0.4, -0.2) is 76.9 Å². The number of carbonyl (C=O) groups excluding carboxylic acids is 1. The van der Waals surface area contributed by atoms with Gasteiger partial charge in [0.15, 0.2) is 0 Å². The fourth-order valence-electron chi connectivity index (χ4n) is 3.83. The Labute approximate surface area is 159 Å². The number of hydrogen-bond acceptors (Lipinski definition) is 5. The summed E-state index contributed by atoms with van der Waals surface area (Å²) in [4.78, 5) is 21.5. The fourth-order valence-corrected chi connectivity index (χ4v) is 3.83. The molecule has 2 aliphatic rings. The molecule has 0 bridgehead atoms. The lowest BCUT2D eigenvalue weighted by Gasteiger charge is -2.34. The molecule has 0 radical (unpaired) electrons. The van der Waals surface area contributed by atoms with Crippen molar-refractivity contribution < 1.29 is 14.3 Å². The van der Waals surface area contributed by atoms with E-state index in [-0.39, 0.29) is 12.1 Å². The third-order valence-electron chi connectivity index (χ3n) is 5.50. The van der Waals surface area contributed by atoms with Gasteiger partial charge in [-0.25, -0.2) is 9.78 Å². The summed E-state index contributed by atoms with van der Waals surface area (Å²) in [5, 5.41) is 0.925. The fraction of sp³-hybridized carbons (Fsp3) is 0.600. The average molecular weight is 372 g/mol. The number of fused-ring (bicyclic) bond motifs is 1. The highest BCUT2D eigenvalue weighted by Crippen LogP contribution is 2.24. The number of hydrogen-bond donors (Lipinski definition) is 0. The summed E-state index contributed by atoms with van der Waals surface area (Å²) < 4.78 is 13.1. The number of ether oxygens (including phenoxy) is 2. The zero-order valence-electron chi connectivity index (χ0n) is 16.1. The molecule has 0 aromatic carbocycles. The molecular weight excluding hydrogens is 344 g/mol. The Morgan fingerprint density at radius 1 is 1.22 bits per heavy atom. The van der Waals surface area contributed by atoms with Gasteiger partial charge in [-0.2, -0.15) is 0 Å². The van der Waals surface area contributed by atoms with Crippen molar-refractivity contribution in [1.82, 2.24) is 19.4 Å². The van der Waals surface area contributed by atoms with E-state index in [4.69, 9.17) is 9.47 Å². The second-order valence-corrected chi connectivity index (χ2v) is 7.60. The third kappa shape index (κ3) is 3.94. The predicted molar refractivity (Wildman–Crippen MR) is 103 cm³/mol. The zero-order valence-corrected chi connectivity index (χ0v) is 16.1. The Morgan fingerprint density at radius 3 is 2.67 bits per heavy atom. The molecule has 1 amide bonds. The number of nitrogens with zero attached hydrogens (tertiary/aromatic N) is 4. The minimum absolute atomic E-state index is 0.0458. The highest BCUT2D eigenvalue weighted by Gasteiger charge is 2.23. The van der Waals surface area contributed by atoms with Crippen molar-refractivity contribution in [1.29, 1.82) is 0 Å². The van der Waals surface area contributed by atoms with Crippen molar-refractivity contribution in [2.75, 3.05) is 39.4 Å². The van der Waals surface area contributed by atoms with E-state index in [1.165, 1.54) is 0 Å². The molecule has 2 fully saturated rings. The molecule has 0 spiro atoms. The van der Waals surface area contributed by atoms with Crippen LogP contribution in [0.25, 0.3) is 11.0 Å². The smallest absolute Gasteiger partial charge is 0.329 e. The molecule has 0 N–H and O–H groups in total. The summed E-state index contributed by atoms with van der Waals surface area (Å²) >= 11 is 0. The van der Waals surface area contributed by atoms with Crippen LogP contribution in [0, 0.1) is 0 Å². The van der Waals surface area contributed by atoms with Crippen LogP contribution in [0.1, 0.15) is 26.7 Å². The lowest BCUT2D eigenvalue weighted by atomic mass is 10.1. The molecule has 0 unspecified atom stereocenters.